The summed E-state index contributed by atoms with van der Waals surface area (Å²) in [5.41, 5.74) is 1.30. The van der Waals surface area contributed by atoms with Crippen molar-refractivity contribution >= 4 is 5.91 Å². The summed E-state index contributed by atoms with van der Waals surface area (Å²) >= 11 is 0. The molecule has 5 nitrogen and oxygen atoms in total. The first-order valence-electron chi connectivity index (χ1n) is 11.3. The summed E-state index contributed by atoms with van der Waals surface area (Å²) in [6.07, 6.45) is 3.30. The molecule has 0 N–H and O–H groups in total. The van der Waals surface area contributed by atoms with Crippen molar-refractivity contribution in [3.8, 4) is 5.75 Å². The van der Waals surface area contributed by atoms with Crippen LogP contribution in [0.15, 0.2) is 24.3 Å². The molecule has 29 heavy (non-hydrogen) atoms. The number of amides is 1. The predicted octanol–water partition coefficient (Wildman–Crippen LogP) is 3.93. The standard InChI is InChI=1S/C24H38N2O3/c1-18(2)22-5-7-23(8-6-22)28-14-11-24(27)26-12-9-21(10-13-26)17-25-15-19(3)29-20(4)16-25/h5-8,18-21H,9-17H2,1-4H3. The Balaban J connectivity index is 1.34. The molecule has 5 heteroatoms. The highest BCUT2D eigenvalue weighted by molar-refractivity contribution is 5.76. The van der Waals surface area contributed by atoms with E-state index in [1.165, 1.54) is 5.56 Å². The fourth-order valence-electron chi connectivity index (χ4n) is 4.53. The van der Waals surface area contributed by atoms with Crippen LogP contribution in [0.2, 0.25) is 0 Å². The zero-order valence-corrected chi connectivity index (χ0v) is 18.6. The highest BCUT2D eigenvalue weighted by Crippen LogP contribution is 2.22. The van der Waals surface area contributed by atoms with Crippen LogP contribution in [0.4, 0.5) is 0 Å². The number of benzene rings is 1. The van der Waals surface area contributed by atoms with Crippen LogP contribution in [0.1, 0.15) is 58.4 Å². The van der Waals surface area contributed by atoms with Gasteiger partial charge < -0.3 is 14.4 Å². The van der Waals surface area contributed by atoms with Crippen LogP contribution in [-0.4, -0.2) is 67.2 Å². The number of carbonyl (C=O) groups excluding carboxylic acids is 1. The van der Waals surface area contributed by atoms with E-state index in [1.54, 1.807) is 0 Å². The number of nitrogens with zero attached hydrogens (tertiary/aromatic N) is 2. The lowest BCUT2D eigenvalue weighted by atomic mass is 9.95. The lowest BCUT2D eigenvalue weighted by molar-refractivity contribution is -0.133. The van der Waals surface area contributed by atoms with Gasteiger partial charge in [-0.1, -0.05) is 26.0 Å². The van der Waals surface area contributed by atoms with Crippen molar-refractivity contribution < 1.29 is 14.3 Å². The molecule has 1 aromatic rings. The van der Waals surface area contributed by atoms with Gasteiger partial charge in [0.05, 0.1) is 25.2 Å². The summed E-state index contributed by atoms with van der Waals surface area (Å²) in [5, 5.41) is 0. The molecular formula is C24H38N2O3. The zero-order chi connectivity index (χ0) is 20.8. The van der Waals surface area contributed by atoms with Crippen molar-refractivity contribution in [3.63, 3.8) is 0 Å². The van der Waals surface area contributed by atoms with Crippen LogP contribution in [0.3, 0.4) is 0 Å². The highest BCUT2D eigenvalue weighted by atomic mass is 16.5. The summed E-state index contributed by atoms with van der Waals surface area (Å²) in [5.74, 6) is 2.27. The van der Waals surface area contributed by atoms with Gasteiger partial charge in [-0.15, -0.1) is 0 Å². The molecule has 0 aliphatic carbocycles. The van der Waals surface area contributed by atoms with Crippen LogP contribution in [0, 0.1) is 5.92 Å². The molecule has 2 saturated heterocycles. The fraction of sp³-hybridized carbons (Fsp3) is 0.708. The van der Waals surface area contributed by atoms with Crippen molar-refractivity contribution in [2.24, 2.45) is 5.92 Å². The Hall–Kier alpha value is -1.59. The second-order valence-electron chi connectivity index (χ2n) is 9.12. The predicted molar refractivity (Wildman–Crippen MR) is 116 cm³/mol. The molecule has 162 valence electrons. The Bertz CT molecular complexity index is 628. The van der Waals surface area contributed by atoms with Gasteiger partial charge in [-0.2, -0.15) is 0 Å². The molecule has 2 aliphatic rings. The molecule has 2 atom stereocenters. The van der Waals surface area contributed by atoms with Crippen LogP contribution in [0.25, 0.3) is 0 Å². The summed E-state index contributed by atoms with van der Waals surface area (Å²) in [4.78, 5) is 17.1. The number of piperidine rings is 1. The Kier molecular flexibility index (Phi) is 7.96. The van der Waals surface area contributed by atoms with Gasteiger partial charge in [-0.05, 0) is 56.2 Å². The number of morpholine rings is 1. The lowest BCUT2D eigenvalue weighted by Crippen LogP contribution is -2.48. The largest absolute Gasteiger partial charge is 0.493 e. The van der Waals surface area contributed by atoms with Gasteiger partial charge in [0.1, 0.15) is 5.75 Å². The van der Waals surface area contributed by atoms with Crippen molar-refractivity contribution in [1.29, 1.82) is 0 Å². The molecule has 0 spiro atoms. The van der Waals surface area contributed by atoms with Crippen molar-refractivity contribution in [2.75, 3.05) is 39.3 Å². The van der Waals surface area contributed by atoms with E-state index in [2.05, 4.69) is 44.7 Å². The minimum atomic E-state index is 0.218. The number of hydrogen-bond acceptors (Lipinski definition) is 4. The van der Waals surface area contributed by atoms with Gasteiger partial charge in [-0.25, -0.2) is 0 Å². The molecule has 1 amide bonds. The Morgan fingerprint density at radius 2 is 1.72 bits per heavy atom. The molecule has 2 aliphatic heterocycles. The number of rotatable bonds is 7. The maximum absolute atomic E-state index is 12.5. The molecule has 0 radical (unpaired) electrons. The third-order valence-corrected chi connectivity index (χ3v) is 6.11. The molecule has 0 bridgehead atoms. The smallest absolute Gasteiger partial charge is 0.225 e. The number of carbonyl (C=O) groups is 1. The van der Waals surface area contributed by atoms with Gasteiger partial charge in [0, 0.05) is 32.7 Å². The molecule has 0 aromatic heterocycles. The second-order valence-corrected chi connectivity index (χ2v) is 9.12. The van der Waals surface area contributed by atoms with Gasteiger partial charge in [0.15, 0.2) is 0 Å². The number of likely N-dealkylation sites (tertiary alicyclic amines) is 1. The molecule has 3 rings (SSSR count). The summed E-state index contributed by atoms with van der Waals surface area (Å²) in [6, 6.07) is 8.20. The van der Waals surface area contributed by atoms with E-state index in [0.717, 1.165) is 51.3 Å². The van der Waals surface area contributed by atoms with Crippen molar-refractivity contribution in [3.05, 3.63) is 29.8 Å². The maximum Gasteiger partial charge on any atom is 0.225 e. The van der Waals surface area contributed by atoms with Crippen molar-refractivity contribution in [1.82, 2.24) is 9.80 Å². The zero-order valence-electron chi connectivity index (χ0n) is 18.6. The number of ether oxygens (including phenoxy) is 2. The first-order valence-corrected chi connectivity index (χ1v) is 11.3. The SMILES string of the molecule is CC1CN(CC2CCN(C(=O)CCOc3ccc(C(C)C)cc3)CC2)CC(C)O1. The van der Waals surface area contributed by atoms with E-state index in [-0.39, 0.29) is 5.91 Å². The van der Waals surface area contributed by atoms with Gasteiger partial charge in [0.25, 0.3) is 0 Å². The Labute approximate surface area is 176 Å². The molecular weight excluding hydrogens is 364 g/mol. The highest BCUT2D eigenvalue weighted by Gasteiger charge is 2.27. The quantitative estimate of drug-likeness (QED) is 0.693. The summed E-state index contributed by atoms with van der Waals surface area (Å²) in [7, 11) is 0. The third-order valence-electron chi connectivity index (χ3n) is 6.11. The lowest BCUT2D eigenvalue weighted by Gasteiger charge is -2.39. The van der Waals surface area contributed by atoms with Crippen LogP contribution < -0.4 is 4.74 Å². The first-order chi connectivity index (χ1) is 13.9. The normalized spacial score (nSPS) is 24.1. The van der Waals surface area contributed by atoms with Crippen LogP contribution in [-0.2, 0) is 9.53 Å². The Morgan fingerprint density at radius 1 is 1.10 bits per heavy atom. The maximum atomic E-state index is 12.5. The molecule has 2 fully saturated rings. The third kappa shape index (κ3) is 6.71. The van der Waals surface area contributed by atoms with Gasteiger partial charge >= 0.3 is 0 Å². The van der Waals surface area contributed by atoms with E-state index >= 15 is 0 Å². The molecule has 2 heterocycles. The Morgan fingerprint density at radius 3 is 2.31 bits per heavy atom. The average Bonchev–Trinajstić information content (AvgIpc) is 2.68. The van der Waals surface area contributed by atoms with E-state index in [1.807, 2.05) is 17.0 Å². The van der Waals surface area contributed by atoms with Crippen LogP contribution in [0.5, 0.6) is 5.75 Å². The fourth-order valence-corrected chi connectivity index (χ4v) is 4.53. The topological polar surface area (TPSA) is 42.0 Å². The van der Waals surface area contributed by atoms with Crippen LogP contribution >= 0.6 is 0 Å². The number of hydrogen-bond donors (Lipinski definition) is 0. The minimum Gasteiger partial charge on any atom is -0.493 e. The van der Waals surface area contributed by atoms with E-state index in [0.29, 0.717) is 37.1 Å². The minimum absolute atomic E-state index is 0.218. The second kappa shape index (κ2) is 10.4. The molecule has 1 aromatic carbocycles. The van der Waals surface area contributed by atoms with E-state index in [9.17, 15) is 4.79 Å². The van der Waals surface area contributed by atoms with E-state index in [4.69, 9.17) is 9.47 Å². The molecule has 0 saturated carbocycles. The average molecular weight is 403 g/mol. The van der Waals surface area contributed by atoms with Crippen molar-refractivity contribution in [2.45, 2.75) is 65.1 Å². The van der Waals surface area contributed by atoms with Gasteiger partial charge in [0.2, 0.25) is 5.91 Å². The summed E-state index contributed by atoms with van der Waals surface area (Å²) < 4.78 is 11.6. The first kappa shape index (κ1) is 22.1. The van der Waals surface area contributed by atoms with E-state index < -0.39 is 0 Å². The molecule has 2 unspecified atom stereocenters. The monoisotopic (exact) mass is 402 g/mol. The summed E-state index contributed by atoms with van der Waals surface area (Å²) in [6.45, 7) is 14.1. The van der Waals surface area contributed by atoms with Gasteiger partial charge in [-0.3, -0.25) is 9.69 Å².